The molecule has 0 aliphatic heterocycles. The summed E-state index contributed by atoms with van der Waals surface area (Å²) in [6.45, 7) is 0. The molecule has 0 saturated carbocycles. The fourth-order valence-corrected chi connectivity index (χ4v) is 2.36. The van der Waals surface area contributed by atoms with Crippen molar-refractivity contribution in [1.29, 1.82) is 0 Å². The molecule has 0 bridgehead atoms. The van der Waals surface area contributed by atoms with Gasteiger partial charge in [0.1, 0.15) is 11.6 Å². The van der Waals surface area contributed by atoms with Gasteiger partial charge in [-0.3, -0.25) is 0 Å². The predicted octanol–water partition coefficient (Wildman–Crippen LogP) is 3.39. The molecule has 18 heavy (non-hydrogen) atoms. The fraction of sp³-hybridized carbons (Fsp3) is 0.0714. The molecule has 1 aromatic carbocycles. The Hall–Kier alpha value is -1.81. The Labute approximate surface area is 113 Å². The van der Waals surface area contributed by atoms with Crippen LogP contribution in [0.1, 0.15) is 11.4 Å². The van der Waals surface area contributed by atoms with E-state index >= 15 is 0 Å². The maximum Gasteiger partial charge on any atom is 0.117 e. The number of rotatable bonds is 2. The first kappa shape index (κ1) is 11.3. The molecule has 2 aromatic heterocycles. The lowest BCUT2D eigenvalue weighted by atomic mass is 10.1. The van der Waals surface area contributed by atoms with E-state index in [0.717, 1.165) is 21.4 Å². The van der Waals surface area contributed by atoms with Crippen LogP contribution in [0.25, 0.3) is 5.52 Å². The van der Waals surface area contributed by atoms with Crippen molar-refractivity contribution in [1.82, 2.24) is 9.38 Å². The molecule has 0 unspecified atom stereocenters. The van der Waals surface area contributed by atoms with Crippen molar-refractivity contribution in [2.75, 3.05) is 0 Å². The van der Waals surface area contributed by atoms with Crippen LogP contribution in [0, 0.1) is 0 Å². The number of aromatic nitrogens is 2. The van der Waals surface area contributed by atoms with E-state index in [1.165, 1.54) is 0 Å². The fourth-order valence-electron chi connectivity index (χ4n) is 2.01. The number of aromatic hydroxyl groups is 1. The molecule has 0 aliphatic rings. The number of hydrogen-bond acceptors (Lipinski definition) is 2. The molecular formula is C14H11BrN2O. The van der Waals surface area contributed by atoms with Crippen LogP contribution in [0.2, 0.25) is 0 Å². The standard InChI is InChI=1S/C14H11BrN2O/c15-11-4-5-17-12(8-11)9-16-14(17)7-10-2-1-3-13(18)6-10/h1-6,8-9,18H,7H2. The minimum atomic E-state index is 0.288. The third-order valence-electron chi connectivity index (χ3n) is 2.84. The smallest absolute Gasteiger partial charge is 0.117 e. The highest BCUT2D eigenvalue weighted by Crippen LogP contribution is 2.18. The van der Waals surface area contributed by atoms with Crippen molar-refractivity contribution in [3.63, 3.8) is 0 Å². The second-order valence-corrected chi connectivity index (χ2v) is 5.08. The first-order valence-corrected chi connectivity index (χ1v) is 6.41. The van der Waals surface area contributed by atoms with Crippen LogP contribution in [0.4, 0.5) is 0 Å². The molecule has 4 heteroatoms. The molecule has 0 saturated heterocycles. The Morgan fingerprint density at radius 1 is 1.22 bits per heavy atom. The van der Waals surface area contributed by atoms with Gasteiger partial charge in [0, 0.05) is 17.1 Å². The Balaban J connectivity index is 2.00. The number of fused-ring (bicyclic) bond motifs is 1. The highest BCUT2D eigenvalue weighted by atomic mass is 79.9. The van der Waals surface area contributed by atoms with Crippen molar-refractivity contribution < 1.29 is 5.11 Å². The second-order valence-electron chi connectivity index (χ2n) is 4.16. The highest BCUT2D eigenvalue weighted by Gasteiger charge is 2.05. The van der Waals surface area contributed by atoms with Crippen molar-refractivity contribution in [2.45, 2.75) is 6.42 Å². The number of pyridine rings is 1. The molecule has 0 fully saturated rings. The monoisotopic (exact) mass is 302 g/mol. The van der Waals surface area contributed by atoms with E-state index in [1.807, 2.05) is 36.7 Å². The lowest BCUT2D eigenvalue weighted by Crippen LogP contribution is -1.95. The summed E-state index contributed by atoms with van der Waals surface area (Å²) in [6.07, 6.45) is 4.54. The average molecular weight is 303 g/mol. The summed E-state index contributed by atoms with van der Waals surface area (Å²) in [5.74, 6) is 1.25. The van der Waals surface area contributed by atoms with E-state index in [4.69, 9.17) is 0 Å². The van der Waals surface area contributed by atoms with E-state index in [0.29, 0.717) is 6.42 Å². The van der Waals surface area contributed by atoms with Crippen molar-refractivity contribution in [2.24, 2.45) is 0 Å². The zero-order chi connectivity index (χ0) is 12.5. The van der Waals surface area contributed by atoms with Gasteiger partial charge in [-0.1, -0.05) is 28.1 Å². The number of halogens is 1. The zero-order valence-electron chi connectivity index (χ0n) is 9.55. The molecule has 0 aliphatic carbocycles. The van der Waals surface area contributed by atoms with Crippen molar-refractivity contribution >= 4 is 21.4 Å². The zero-order valence-corrected chi connectivity index (χ0v) is 11.1. The minimum Gasteiger partial charge on any atom is -0.508 e. The molecule has 1 N–H and O–H groups in total. The summed E-state index contributed by atoms with van der Waals surface area (Å²) in [4.78, 5) is 4.42. The van der Waals surface area contributed by atoms with E-state index in [1.54, 1.807) is 12.1 Å². The number of hydrogen-bond donors (Lipinski definition) is 1. The quantitative estimate of drug-likeness (QED) is 0.788. The molecule has 0 spiro atoms. The summed E-state index contributed by atoms with van der Waals surface area (Å²) in [6, 6.07) is 11.3. The van der Waals surface area contributed by atoms with E-state index < -0.39 is 0 Å². The summed E-state index contributed by atoms with van der Waals surface area (Å²) in [5, 5.41) is 9.46. The van der Waals surface area contributed by atoms with E-state index in [2.05, 4.69) is 25.3 Å². The van der Waals surface area contributed by atoms with Gasteiger partial charge in [-0.05, 0) is 29.8 Å². The Morgan fingerprint density at radius 3 is 2.94 bits per heavy atom. The number of phenols is 1. The Bertz CT molecular complexity index is 706. The lowest BCUT2D eigenvalue weighted by Gasteiger charge is -2.02. The van der Waals surface area contributed by atoms with Gasteiger partial charge >= 0.3 is 0 Å². The maximum absolute atomic E-state index is 9.46. The summed E-state index contributed by atoms with van der Waals surface area (Å²) < 4.78 is 3.09. The molecular weight excluding hydrogens is 292 g/mol. The lowest BCUT2D eigenvalue weighted by molar-refractivity contribution is 0.474. The number of benzene rings is 1. The van der Waals surface area contributed by atoms with Crippen LogP contribution < -0.4 is 0 Å². The first-order chi connectivity index (χ1) is 8.72. The average Bonchev–Trinajstić information content (AvgIpc) is 2.72. The van der Waals surface area contributed by atoms with Gasteiger partial charge in [0.15, 0.2) is 0 Å². The van der Waals surface area contributed by atoms with Crippen molar-refractivity contribution in [3.8, 4) is 5.75 Å². The first-order valence-electron chi connectivity index (χ1n) is 5.62. The highest BCUT2D eigenvalue weighted by molar-refractivity contribution is 9.10. The third-order valence-corrected chi connectivity index (χ3v) is 3.34. The molecule has 3 aromatic rings. The Kier molecular flexibility index (Phi) is 2.80. The van der Waals surface area contributed by atoms with Gasteiger partial charge in [0.2, 0.25) is 0 Å². The van der Waals surface area contributed by atoms with Crippen LogP contribution in [-0.4, -0.2) is 14.5 Å². The topological polar surface area (TPSA) is 37.5 Å². The van der Waals surface area contributed by atoms with Crippen LogP contribution in [-0.2, 0) is 6.42 Å². The Morgan fingerprint density at radius 2 is 2.11 bits per heavy atom. The van der Waals surface area contributed by atoms with Gasteiger partial charge < -0.3 is 9.51 Å². The largest absolute Gasteiger partial charge is 0.508 e. The third kappa shape index (κ3) is 2.11. The summed E-state index contributed by atoms with van der Waals surface area (Å²) in [7, 11) is 0. The summed E-state index contributed by atoms with van der Waals surface area (Å²) in [5.41, 5.74) is 2.10. The van der Waals surface area contributed by atoms with Crippen molar-refractivity contribution in [3.05, 3.63) is 64.7 Å². The van der Waals surface area contributed by atoms with Gasteiger partial charge in [-0.25, -0.2) is 4.98 Å². The molecule has 0 radical (unpaired) electrons. The van der Waals surface area contributed by atoms with Gasteiger partial charge in [0.25, 0.3) is 0 Å². The molecule has 90 valence electrons. The number of imidazole rings is 1. The normalized spacial score (nSPS) is 10.9. The van der Waals surface area contributed by atoms with Crippen LogP contribution in [0.3, 0.4) is 0 Å². The van der Waals surface area contributed by atoms with E-state index in [-0.39, 0.29) is 5.75 Å². The van der Waals surface area contributed by atoms with E-state index in [9.17, 15) is 5.11 Å². The molecule has 3 nitrogen and oxygen atoms in total. The summed E-state index contributed by atoms with van der Waals surface area (Å²) >= 11 is 3.44. The van der Waals surface area contributed by atoms with Gasteiger partial charge in [-0.2, -0.15) is 0 Å². The number of nitrogens with zero attached hydrogens (tertiary/aromatic N) is 2. The minimum absolute atomic E-state index is 0.288. The van der Waals surface area contributed by atoms with Crippen LogP contribution in [0.5, 0.6) is 5.75 Å². The maximum atomic E-state index is 9.46. The van der Waals surface area contributed by atoms with Crippen LogP contribution >= 0.6 is 15.9 Å². The van der Waals surface area contributed by atoms with Gasteiger partial charge in [-0.15, -0.1) is 0 Å². The molecule has 0 amide bonds. The van der Waals surface area contributed by atoms with Crippen LogP contribution in [0.15, 0.2) is 53.3 Å². The second kappa shape index (κ2) is 4.46. The SMILES string of the molecule is Oc1cccc(Cc2ncc3cc(Br)ccn23)c1. The predicted molar refractivity (Wildman–Crippen MR) is 73.8 cm³/mol. The molecule has 2 heterocycles. The molecule has 3 rings (SSSR count). The van der Waals surface area contributed by atoms with Gasteiger partial charge in [0.05, 0.1) is 11.7 Å². The molecule has 0 atom stereocenters. The number of phenolic OH excluding ortho intramolecular Hbond substituents is 1.